The van der Waals surface area contributed by atoms with Gasteiger partial charge >= 0.3 is 0 Å². The van der Waals surface area contributed by atoms with Crippen LogP contribution in [0.15, 0.2) is 22.6 Å². The SMILES string of the molecule is Cc1oc(C)c(C(O)Cc2ccc(F)c(F)c2)c1C. The Hall–Kier alpha value is -1.68. The Labute approximate surface area is 110 Å². The number of rotatable bonds is 3. The summed E-state index contributed by atoms with van der Waals surface area (Å²) in [6, 6.07) is 3.65. The molecule has 1 N–H and O–H groups in total. The predicted molar refractivity (Wildman–Crippen MR) is 67.9 cm³/mol. The fourth-order valence-electron chi connectivity index (χ4n) is 2.29. The van der Waals surface area contributed by atoms with Crippen molar-refractivity contribution in [3.8, 4) is 0 Å². The van der Waals surface area contributed by atoms with Gasteiger partial charge in [-0.25, -0.2) is 8.78 Å². The highest BCUT2D eigenvalue weighted by molar-refractivity contribution is 5.34. The quantitative estimate of drug-likeness (QED) is 0.917. The normalized spacial score (nSPS) is 12.7. The molecule has 1 heterocycles. The molecule has 0 amide bonds. The number of aliphatic hydroxyl groups is 1. The Balaban J connectivity index is 2.25. The maximum absolute atomic E-state index is 13.1. The first kappa shape index (κ1) is 13.7. The molecular formula is C15H16F2O2. The Morgan fingerprint density at radius 1 is 1.11 bits per heavy atom. The number of aryl methyl sites for hydroxylation is 2. The van der Waals surface area contributed by atoms with E-state index in [1.54, 1.807) is 6.92 Å². The lowest BCUT2D eigenvalue weighted by Gasteiger charge is -2.11. The van der Waals surface area contributed by atoms with Gasteiger partial charge in [-0.1, -0.05) is 6.07 Å². The summed E-state index contributed by atoms with van der Waals surface area (Å²) in [5.41, 5.74) is 2.17. The number of aliphatic hydroxyl groups excluding tert-OH is 1. The highest BCUT2D eigenvalue weighted by atomic mass is 19.2. The first-order valence-electron chi connectivity index (χ1n) is 6.08. The second-order valence-corrected chi connectivity index (χ2v) is 4.72. The van der Waals surface area contributed by atoms with Gasteiger partial charge in [0.2, 0.25) is 0 Å². The van der Waals surface area contributed by atoms with Crippen LogP contribution in [0.3, 0.4) is 0 Å². The summed E-state index contributed by atoms with van der Waals surface area (Å²) in [5, 5.41) is 10.2. The Kier molecular flexibility index (Phi) is 3.71. The molecule has 2 nitrogen and oxygen atoms in total. The van der Waals surface area contributed by atoms with Crippen LogP contribution in [0.4, 0.5) is 8.78 Å². The molecule has 1 aromatic heterocycles. The zero-order valence-electron chi connectivity index (χ0n) is 11.1. The molecule has 19 heavy (non-hydrogen) atoms. The molecule has 4 heteroatoms. The minimum atomic E-state index is -0.901. The van der Waals surface area contributed by atoms with E-state index in [0.717, 1.165) is 29.0 Å². The van der Waals surface area contributed by atoms with Crippen molar-refractivity contribution in [2.75, 3.05) is 0 Å². The van der Waals surface area contributed by atoms with Crippen molar-refractivity contribution < 1.29 is 18.3 Å². The summed E-state index contributed by atoms with van der Waals surface area (Å²) < 4.78 is 31.4. The molecule has 2 aromatic rings. The number of halogens is 2. The molecule has 0 aliphatic heterocycles. The van der Waals surface area contributed by atoms with Gasteiger partial charge < -0.3 is 9.52 Å². The van der Waals surface area contributed by atoms with E-state index in [1.165, 1.54) is 6.07 Å². The van der Waals surface area contributed by atoms with E-state index >= 15 is 0 Å². The van der Waals surface area contributed by atoms with E-state index < -0.39 is 17.7 Å². The first-order chi connectivity index (χ1) is 8.90. The van der Waals surface area contributed by atoms with E-state index in [0.29, 0.717) is 11.3 Å². The standard InChI is InChI=1S/C15H16F2O2/c1-8-9(2)19-10(3)15(8)14(18)7-11-4-5-12(16)13(17)6-11/h4-6,14,18H,7H2,1-3H3. The zero-order chi connectivity index (χ0) is 14.2. The molecule has 0 bridgehead atoms. The van der Waals surface area contributed by atoms with E-state index in [2.05, 4.69) is 0 Å². The van der Waals surface area contributed by atoms with Crippen molar-refractivity contribution in [1.29, 1.82) is 0 Å². The van der Waals surface area contributed by atoms with Gasteiger partial charge in [-0.05, 0) is 44.0 Å². The van der Waals surface area contributed by atoms with Crippen LogP contribution in [-0.4, -0.2) is 5.11 Å². The molecule has 102 valence electrons. The summed E-state index contributed by atoms with van der Waals surface area (Å²) in [4.78, 5) is 0. The fraction of sp³-hybridized carbons (Fsp3) is 0.333. The Bertz CT molecular complexity index is 602. The van der Waals surface area contributed by atoms with Crippen molar-refractivity contribution in [3.05, 3.63) is 58.0 Å². The highest BCUT2D eigenvalue weighted by Gasteiger charge is 2.19. The molecule has 0 radical (unpaired) electrons. The highest BCUT2D eigenvalue weighted by Crippen LogP contribution is 2.29. The third-order valence-corrected chi connectivity index (χ3v) is 3.36. The van der Waals surface area contributed by atoms with Crippen LogP contribution in [0, 0.1) is 32.4 Å². The number of hydrogen-bond acceptors (Lipinski definition) is 2. The van der Waals surface area contributed by atoms with Crippen LogP contribution in [-0.2, 0) is 6.42 Å². The summed E-state index contributed by atoms with van der Waals surface area (Å²) in [6.45, 7) is 5.48. The van der Waals surface area contributed by atoms with E-state index in [9.17, 15) is 13.9 Å². The summed E-state index contributed by atoms with van der Waals surface area (Å²) in [5.74, 6) is -0.367. The van der Waals surface area contributed by atoms with Crippen LogP contribution in [0.1, 0.15) is 34.3 Å². The third kappa shape index (κ3) is 2.68. The van der Waals surface area contributed by atoms with Gasteiger partial charge in [0, 0.05) is 12.0 Å². The minimum absolute atomic E-state index is 0.220. The van der Waals surface area contributed by atoms with Gasteiger partial charge in [0.05, 0.1) is 6.10 Å². The summed E-state index contributed by atoms with van der Waals surface area (Å²) >= 11 is 0. The van der Waals surface area contributed by atoms with Crippen LogP contribution in [0.2, 0.25) is 0 Å². The lowest BCUT2D eigenvalue weighted by Crippen LogP contribution is -2.04. The molecule has 1 unspecified atom stereocenters. The monoisotopic (exact) mass is 266 g/mol. The van der Waals surface area contributed by atoms with Gasteiger partial charge in [0.25, 0.3) is 0 Å². The van der Waals surface area contributed by atoms with Gasteiger partial charge in [-0.2, -0.15) is 0 Å². The van der Waals surface area contributed by atoms with Crippen molar-refractivity contribution in [2.45, 2.75) is 33.3 Å². The lowest BCUT2D eigenvalue weighted by molar-refractivity contribution is 0.175. The largest absolute Gasteiger partial charge is 0.466 e. The Morgan fingerprint density at radius 2 is 1.79 bits per heavy atom. The van der Waals surface area contributed by atoms with Gasteiger partial charge in [0.15, 0.2) is 11.6 Å². The number of furan rings is 1. The average molecular weight is 266 g/mol. The van der Waals surface area contributed by atoms with Crippen LogP contribution in [0.5, 0.6) is 0 Å². The maximum atomic E-state index is 13.1. The second-order valence-electron chi connectivity index (χ2n) is 4.72. The molecule has 0 saturated heterocycles. The van der Waals surface area contributed by atoms with Crippen molar-refractivity contribution in [2.24, 2.45) is 0 Å². The van der Waals surface area contributed by atoms with Gasteiger partial charge in [-0.3, -0.25) is 0 Å². The fourth-order valence-corrected chi connectivity index (χ4v) is 2.29. The Morgan fingerprint density at radius 3 is 2.32 bits per heavy atom. The van der Waals surface area contributed by atoms with Crippen molar-refractivity contribution in [1.82, 2.24) is 0 Å². The molecule has 0 aliphatic rings. The number of benzene rings is 1. The molecule has 1 aromatic carbocycles. The van der Waals surface area contributed by atoms with Crippen molar-refractivity contribution >= 4 is 0 Å². The summed E-state index contributed by atoms with van der Waals surface area (Å²) in [6.07, 6.45) is -0.569. The van der Waals surface area contributed by atoms with E-state index in [4.69, 9.17) is 4.42 Å². The first-order valence-corrected chi connectivity index (χ1v) is 6.08. The third-order valence-electron chi connectivity index (χ3n) is 3.36. The number of hydrogen-bond donors (Lipinski definition) is 1. The predicted octanol–water partition coefficient (Wildman–Crippen LogP) is 3.76. The van der Waals surface area contributed by atoms with E-state index in [1.807, 2.05) is 13.8 Å². The second kappa shape index (κ2) is 5.13. The van der Waals surface area contributed by atoms with Crippen molar-refractivity contribution in [3.63, 3.8) is 0 Å². The molecular weight excluding hydrogens is 250 g/mol. The maximum Gasteiger partial charge on any atom is 0.159 e. The van der Waals surface area contributed by atoms with Crippen LogP contribution >= 0.6 is 0 Å². The molecule has 0 fully saturated rings. The topological polar surface area (TPSA) is 33.4 Å². The smallest absolute Gasteiger partial charge is 0.159 e. The van der Waals surface area contributed by atoms with E-state index in [-0.39, 0.29) is 6.42 Å². The average Bonchev–Trinajstić information content (AvgIpc) is 2.58. The molecule has 0 aliphatic carbocycles. The van der Waals surface area contributed by atoms with Gasteiger partial charge in [0.1, 0.15) is 11.5 Å². The summed E-state index contributed by atoms with van der Waals surface area (Å²) in [7, 11) is 0. The molecule has 0 saturated carbocycles. The minimum Gasteiger partial charge on any atom is -0.466 e. The molecule has 2 rings (SSSR count). The van der Waals surface area contributed by atoms with Crippen LogP contribution in [0.25, 0.3) is 0 Å². The molecule has 0 spiro atoms. The molecule has 1 atom stereocenters. The van der Waals surface area contributed by atoms with Gasteiger partial charge in [-0.15, -0.1) is 0 Å². The zero-order valence-corrected chi connectivity index (χ0v) is 11.1. The lowest BCUT2D eigenvalue weighted by atomic mass is 9.98. The van der Waals surface area contributed by atoms with Crippen LogP contribution < -0.4 is 0 Å².